The molecule has 0 aromatic heterocycles. The minimum atomic E-state index is -0.115. The third kappa shape index (κ3) is 3.78. The predicted molar refractivity (Wildman–Crippen MR) is 73.6 cm³/mol. The van der Waals surface area contributed by atoms with Gasteiger partial charge in [-0.1, -0.05) is 26.2 Å². The molecule has 0 aromatic carbocycles. The van der Waals surface area contributed by atoms with Crippen molar-refractivity contribution in [3.8, 4) is 0 Å². The Labute approximate surface area is 114 Å². The fraction of sp³-hybridized carbons (Fsp3) is 0.786. The zero-order valence-electron chi connectivity index (χ0n) is 11.6. The standard InChI is InChI=1S/C14H23N3O2/c1-2-11(10-6-4-3-5-7-10)15-14(19)12-8-9-13(18)17-16-12/h10-11H,2-9H2,1H3,(H,15,19)(H,17,18). The van der Waals surface area contributed by atoms with E-state index in [0.717, 1.165) is 6.42 Å². The van der Waals surface area contributed by atoms with E-state index < -0.39 is 0 Å². The molecule has 1 fully saturated rings. The highest BCUT2D eigenvalue weighted by molar-refractivity contribution is 6.39. The Kier molecular flexibility index (Phi) is 4.93. The fourth-order valence-electron chi connectivity index (χ4n) is 2.98. The molecule has 0 saturated heterocycles. The van der Waals surface area contributed by atoms with Crippen LogP contribution in [0.4, 0.5) is 0 Å². The molecule has 1 aliphatic carbocycles. The minimum absolute atomic E-state index is 0.113. The van der Waals surface area contributed by atoms with Crippen molar-refractivity contribution in [1.82, 2.24) is 10.7 Å². The second kappa shape index (κ2) is 6.68. The Balaban J connectivity index is 1.90. The summed E-state index contributed by atoms with van der Waals surface area (Å²) in [5, 5.41) is 6.95. The van der Waals surface area contributed by atoms with Crippen LogP contribution in [0, 0.1) is 5.92 Å². The largest absolute Gasteiger partial charge is 0.348 e. The first kappa shape index (κ1) is 14.0. The molecule has 5 nitrogen and oxygen atoms in total. The average molecular weight is 265 g/mol. The van der Waals surface area contributed by atoms with E-state index in [9.17, 15) is 9.59 Å². The Hall–Kier alpha value is -1.39. The minimum Gasteiger partial charge on any atom is -0.348 e. The van der Waals surface area contributed by atoms with Gasteiger partial charge in [-0.15, -0.1) is 0 Å². The maximum atomic E-state index is 12.1. The topological polar surface area (TPSA) is 70.6 Å². The summed E-state index contributed by atoms with van der Waals surface area (Å²) >= 11 is 0. The van der Waals surface area contributed by atoms with Gasteiger partial charge >= 0.3 is 0 Å². The summed E-state index contributed by atoms with van der Waals surface area (Å²) in [6, 6.07) is 0.244. The van der Waals surface area contributed by atoms with Gasteiger partial charge in [-0.25, -0.2) is 5.43 Å². The second-order valence-electron chi connectivity index (χ2n) is 5.48. The maximum Gasteiger partial charge on any atom is 0.267 e. The van der Waals surface area contributed by atoms with Gasteiger partial charge in [0.2, 0.25) is 5.91 Å². The predicted octanol–water partition coefficient (Wildman–Crippen LogP) is 1.73. The van der Waals surface area contributed by atoms with Crippen LogP contribution in [-0.2, 0) is 9.59 Å². The lowest BCUT2D eigenvalue weighted by Crippen LogP contribution is -2.45. The SMILES string of the molecule is CCC(NC(=O)C1=NNC(=O)CC1)C1CCCCC1. The molecule has 1 unspecified atom stereocenters. The first-order valence-electron chi connectivity index (χ1n) is 7.37. The summed E-state index contributed by atoms with van der Waals surface area (Å²) in [7, 11) is 0. The smallest absolute Gasteiger partial charge is 0.267 e. The molecule has 2 amide bonds. The Bertz CT molecular complexity index is 373. The van der Waals surface area contributed by atoms with Crippen LogP contribution >= 0.6 is 0 Å². The number of hydrazone groups is 1. The van der Waals surface area contributed by atoms with Gasteiger partial charge in [0.15, 0.2) is 0 Å². The number of rotatable bonds is 4. The van der Waals surface area contributed by atoms with Crippen molar-refractivity contribution in [2.75, 3.05) is 0 Å². The lowest BCUT2D eigenvalue weighted by molar-refractivity contribution is -0.121. The van der Waals surface area contributed by atoms with Gasteiger partial charge < -0.3 is 5.32 Å². The zero-order valence-corrected chi connectivity index (χ0v) is 11.6. The van der Waals surface area contributed by atoms with Crippen LogP contribution in [0.15, 0.2) is 5.10 Å². The van der Waals surface area contributed by atoms with E-state index in [0.29, 0.717) is 24.5 Å². The van der Waals surface area contributed by atoms with E-state index in [1.807, 2.05) is 0 Å². The van der Waals surface area contributed by atoms with Gasteiger partial charge in [-0.2, -0.15) is 5.10 Å². The summed E-state index contributed by atoms with van der Waals surface area (Å²) in [4.78, 5) is 23.1. The van der Waals surface area contributed by atoms with E-state index in [2.05, 4.69) is 22.8 Å². The summed E-state index contributed by atoms with van der Waals surface area (Å²) in [6.45, 7) is 2.12. The van der Waals surface area contributed by atoms with Crippen LogP contribution in [-0.4, -0.2) is 23.6 Å². The van der Waals surface area contributed by atoms with Gasteiger partial charge in [-0.3, -0.25) is 9.59 Å². The molecule has 1 heterocycles. The van der Waals surface area contributed by atoms with E-state index >= 15 is 0 Å². The molecular formula is C14H23N3O2. The Morgan fingerprint density at radius 3 is 2.68 bits per heavy atom. The molecule has 0 aromatic rings. The van der Waals surface area contributed by atoms with E-state index in [-0.39, 0.29) is 17.9 Å². The molecule has 2 rings (SSSR count). The molecule has 1 saturated carbocycles. The highest BCUT2D eigenvalue weighted by Crippen LogP contribution is 2.27. The van der Waals surface area contributed by atoms with Crippen molar-refractivity contribution >= 4 is 17.5 Å². The molecule has 106 valence electrons. The molecule has 19 heavy (non-hydrogen) atoms. The average Bonchev–Trinajstić information content (AvgIpc) is 2.46. The van der Waals surface area contributed by atoms with Crippen molar-refractivity contribution in [2.45, 2.75) is 64.3 Å². The van der Waals surface area contributed by atoms with Crippen molar-refractivity contribution in [1.29, 1.82) is 0 Å². The Morgan fingerprint density at radius 2 is 2.11 bits per heavy atom. The normalized spacial score (nSPS) is 22.4. The second-order valence-corrected chi connectivity index (χ2v) is 5.48. The number of carbonyl (C=O) groups excluding carboxylic acids is 2. The number of nitrogens with zero attached hydrogens (tertiary/aromatic N) is 1. The van der Waals surface area contributed by atoms with E-state index in [1.54, 1.807) is 0 Å². The van der Waals surface area contributed by atoms with Crippen LogP contribution in [0.3, 0.4) is 0 Å². The van der Waals surface area contributed by atoms with Crippen LogP contribution < -0.4 is 10.7 Å². The molecule has 2 aliphatic rings. The quantitative estimate of drug-likeness (QED) is 0.812. The maximum absolute atomic E-state index is 12.1. The lowest BCUT2D eigenvalue weighted by atomic mass is 9.83. The third-order valence-electron chi connectivity index (χ3n) is 4.14. The number of hydrogen-bond donors (Lipinski definition) is 2. The van der Waals surface area contributed by atoms with E-state index in [1.165, 1.54) is 32.1 Å². The summed E-state index contributed by atoms with van der Waals surface area (Å²) in [5.41, 5.74) is 2.82. The van der Waals surface area contributed by atoms with Gasteiger partial charge in [0.25, 0.3) is 5.91 Å². The fourth-order valence-corrected chi connectivity index (χ4v) is 2.98. The molecule has 5 heteroatoms. The number of nitrogens with one attached hydrogen (secondary N) is 2. The van der Waals surface area contributed by atoms with Crippen LogP contribution in [0.2, 0.25) is 0 Å². The number of hydrogen-bond acceptors (Lipinski definition) is 3. The monoisotopic (exact) mass is 265 g/mol. The first-order valence-corrected chi connectivity index (χ1v) is 7.37. The summed E-state index contributed by atoms with van der Waals surface area (Å²) in [6.07, 6.45) is 8.03. The molecular weight excluding hydrogens is 242 g/mol. The molecule has 0 bridgehead atoms. The van der Waals surface area contributed by atoms with Crippen molar-refractivity contribution < 1.29 is 9.59 Å². The van der Waals surface area contributed by atoms with Gasteiger partial charge in [0.1, 0.15) is 5.71 Å². The summed E-state index contributed by atoms with van der Waals surface area (Å²) < 4.78 is 0. The Morgan fingerprint density at radius 1 is 1.37 bits per heavy atom. The zero-order chi connectivity index (χ0) is 13.7. The molecule has 1 atom stereocenters. The van der Waals surface area contributed by atoms with Crippen molar-refractivity contribution in [3.63, 3.8) is 0 Å². The molecule has 1 aliphatic heterocycles. The number of amides is 2. The van der Waals surface area contributed by atoms with Crippen LogP contribution in [0.1, 0.15) is 58.3 Å². The van der Waals surface area contributed by atoms with Crippen molar-refractivity contribution in [2.24, 2.45) is 11.0 Å². The molecule has 0 radical (unpaired) electrons. The molecule has 2 N–H and O–H groups in total. The third-order valence-corrected chi connectivity index (χ3v) is 4.14. The first-order chi connectivity index (χ1) is 9.20. The van der Waals surface area contributed by atoms with Gasteiger partial charge in [-0.05, 0) is 25.2 Å². The van der Waals surface area contributed by atoms with Gasteiger partial charge in [0.05, 0.1) is 0 Å². The lowest BCUT2D eigenvalue weighted by Gasteiger charge is -2.30. The van der Waals surface area contributed by atoms with E-state index in [4.69, 9.17) is 0 Å². The number of carbonyl (C=O) groups is 2. The molecule has 0 spiro atoms. The van der Waals surface area contributed by atoms with Crippen LogP contribution in [0.25, 0.3) is 0 Å². The highest BCUT2D eigenvalue weighted by Gasteiger charge is 2.26. The van der Waals surface area contributed by atoms with Crippen LogP contribution in [0.5, 0.6) is 0 Å². The highest BCUT2D eigenvalue weighted by atomic mass is 16.2. The van der Waals surface area contributed by atoms with Crippen molar-refractivity contribution in [3.05, 3.63) is 0 Å². The van der Waals surface area contributed by atoms with Gasteiger partial charge in [0, 0.05) is 18.9 Å². The summed E-state index contributed by atoms with van der Waals surface area (Å²) in [5.74, 6) is 0.370.